The molecular weight excluding hydrogens is 326 g/mol. The molecule has 0 bridgehead atoms. The number of carbonyl (C=O) groups is 2. The second-order valence-corrected chi connectivity index (χ2v) is 8.02. The van der Waals surface area contributed by atoms with Gasteiger partial charge in [0.2, 0.25) is 11.8 Å². The number of carbonyl (C=O) groups excluding carboxylic acids is 2. The number of piperazine rings is 1. The highest BCUT2D eigenvalue weighted by molar-refractivity contribution is 5.97. The second kappa shape index (κ2) is 5.86. The molecule has 136 valence electrons. The molecule has 2 atom stereocenters. The number of rotatable bonds is 1. The van der Waals surface area contributed by atoms with E-state index in [1.807, 2.05) is 28.9 Å². The molecule has 3 heterocycles. The standard InChI is InChI=1S/C21H25N3O2/c1-13-20-16(15-9-5-6-10-17(15)22-20)11-18-21(26)23(12-19(25)24(13)18)14-7-3-2-4-8-14/h5-6,9-10,13-14,18,22H,2-4,7-8,11-12H2,1H3/t13?,18-/m0/s1. The second-order valence-electron chi connectivity index (χ2n) is 8.02. The van der Waals surface area contributed by atoms with Crippen LogP contribution in [-0.4, -0.2) is 45.2 Å². The summed E-state index contributed by atoms with van der Waals surface area (Å²) in [4.78, 5) is 33.5. The van der Waals surface area contributed by atoms with Gasteiger partial charge < -0.3 is 14.8 Å². The maximum absolute atomic E-state index is 13.3. The topological polar surface area (TPSA) is 56.4 Å². The molecule has 2 fully saturated rings. The van der Waals surface area contributed by atoms with Crippen LogP contribution in [0.25, 0.3) is 10.9 Å². The monoisotopic (exact) mass is 351 g/mol. The molecule has 5 heteroatoms. The maximum Gasteiger partial charge on any atom is 0.246 e. The molecule has 5 rings (SSSR count). The largest absolute Gasteiger partial charge is 0.356 e. The highest BCUT2D eigenvalue weighted by Crippen LogP contribution is 2.39. The van der Waals surface area contributed by atoms with Gasteiger partial charge in [0.1, 0.15) is 12.6 Å². The lowest BCUT2D eigenvalue weighted by Gasteiger charge is -2.48. The van der Waals surface area contributed by atoms with Crippen molar-refractivity contribution in [2.75, 3.05) is 6.54 Å². The molecule has 26 heavy (non-hydrogen) atoms. The third-order valence-corrected chi connectivity index (χ3v) is 6.59. The summed E-state index contributed by atoms with van der Waals surface area (Å²) in [5, 5.41) is 1.18. The fraction of sp³-hybridized carbons (Fsp3) is 0.524. The van der Waals surface area contributed by atoms with E-state index in [1.54, 1.807) is 0 Å². The zero-order valence-corrected chi connectivity index (χ0v) is 15.2. The summed E-state index contributed by atoms with van der Waals surface area (Å²) in [6.07, 6.45) is 6.29. The minimum atomic E-state index is -0.347. The van der Waals surface area contributed by atoms with Crippen LogP contribution in [0.2, 0.25) is 0 Å². The fourth-order valence-corrected chi connectivity index (χ4v) is 5.29. The Hall–Kier alpha value is -2.30. The maximum atomic E-state index is 13.3. The van der Waals surface area contributed by atoms with E-state index >= 15 is 0 Å². The molecule has 2 aliphatic heterocycles. The van der Waals surface area contributed by atoms with Gasteiger partial charge in [0, 0.05) is 29.1 Å². The van der Waals surface area contributed by atoms with E-state index in [0.717, 1.165) is 24.1 Å². The van der Waals surface area contributed by atoms with Crippen molar-refractivity contribution >= 4 is 22.7 Å². The summed E-state index contributed by atoms with van der Waals surface area (Å²) in [7, 11) is 0. The van der Waals surface area contributed by atoms with Crippen LogP contribution in [0.4, 0.5) is 0 Å². The number of fused-ring (bicyclic) bond motifs is 4. The van der Waals surface area contributed by atoms with E-state index in [-0.39, 0.29) is 36.5 Å². The summed E-state index contributed by atoms with van der Waals surface area (Å²) in [6.45, 7) is 2.29. The first-order valence-corrected chi connectivity index (χ1v) is 9.86. The predicted molar refractivity (Wildman–Crippen MR) is 99.6 cm³/mol. The third-order valence-electron chi connectivity index (χ3n) is 6.59. The van der Waals surface area contributed by atoms with Crippen molar-refractivity contribution in [2.24, 2.45) is 0 Å². The molecular formula is C21H25N3O2. The molecule has 1 saturated heterocycles. The third kappa shape index (κ3) is 2.22. The summed E-state index contributed by atoms with van der Waals surface area (Å²) in [5.41, 5.74) is 3.39. The predicted octanol–water partition coefficient (Wildman–Crippen LogP) is 3.16. The SMILES string of the molecule is CC1c2[nH]c3ccccc3c2C[C@H]2C(=O)N(C3CCCCC3)CC(=O)N12. The number of hydrogen-bond donors (Lipinski definition) is 1. The summed E-state index contributed by atoms with van der Waals surface area (Å²) >= 11 is 0. The molecule has 1 N–H and O–H groups in total. The number of benzene rings is 1. The first-order chi connectivity index (χ1) is 12.6. The first-order valence-electron chi connectivity index (χ1n) is 9.86. The molecule has 0 radical (unpaired) electrons. The van der Waals surface area contributed by atoms with Gasteiger partial charge in [-0.05, 0) is 31.4 Å². The molecule has 1 aliphatic carbocycles. The summed E-state index contributed by atoms with van der Waals surface area (Å²) in [6, 6.07) is 8.06. The number of amides is 2. The molecule has 1 aromatic carbocycles. The van der Waals surface area contributed by atoms with Gasteiger partial charge >= 0.3 is 0 Å². The number of H-pyrrole nitrogens is 1. The molecule has 2 aromatic rings. The van der Waals surface area contributed by atoms with E-state index in [0.29, 0.717) is 6.42 Å². The van der Waals surface area contributed by atoms with Crippen LogP contribution >= 0.6 is 0 Å². The van der Waals surface area contributed by atoms with Crippen LogP contribution in [0.15, 0.2) is 24.3 Å². The van der Waals surface area contributed by atoms with Crippen LogP contribution in [0.3, 0.4) is 0 Å². The van der Waals surface area contributed by atoms with Crippen LogP contribution in [0.5, 0.6) is 0 Å². The van der Waals surface area contributed by atoms with Crippen LogP contribution in [-0.2, 0) is 16.0 Å². The van der Waals surface area contributed by atoms with Gasteiger partial charge in [0.25, 0.3) is 0 Å². The average molecular weight is 351 g/mol. The van der Waals surface area contributed by atoms with Crippen molar-refractivity contribution in [3.63, 3.8) is 0 Å². The molecule has 1 unspecified atom stereocenters. The fourth-order valence-electron chi connectivity index (χ4n) is 5.29. The van der Waals surface area contributed by atoms with Gasteiger partial charge in [-0.1, -0.05) is 37.5 Å². The van der Waals surface area contributed by atoms with Gasteiger partial charge in [-0.3, -0.25) is 9.59 Å². The Morgan fingerprint density at radius 2 is 1.85 bits per heavy atom. The van der Waals surface area contributed by atoms with Crippen molar-refractivity contribution in [2.45, 2.75) is 63.6 Å². The van der Waals surface area contributed by atoms with Gasteiger partial charge in [-0.15, -0.1) is 0 Å². The van der Waals surface area contributed by atoms with E-state index in [2.05, 4.69) is 17.1 Å². The zero-order chi connectivity index (χ0) is 17.8. The van der Waals surface area contributed by atoms with E-state index in [9.17, 15) is 9.59 Å². The average Bonchev–Trinajstić information content (AvgIpc) is 3.04. The van der Waals surface area contributed by atoms with Gasteiger partial charge in [0.15, 0.2) is 0 Å². The summed E-state index contributed by atoms with van der Waals surface area (Å²) in [5.74, 6) is 0.247. The van der Waals surface area contributed by atoms with Crippen LogP contribution in [0, 0.1) is 0 Å². The number of aromatic nitrogens is 1. The van der Waals surface area contributed by atoms with Crippen molar-refractivity contribution in [3.05, 3.63) is 35.5 Å². The Morgan fingerprint density at radius 3 is 2.65 bits per heavy atom. The smallest absolute Gasteiger partial charge is 0.246 e. The Labute approximate surface area is 153 Å². The first kappa shape index (κ1) is 15.9. The molecule has 2 amide bonds. The number of hydrogen-bond acceptors (Lipinski definition) is 2. The van der Waals surface area contributed by atoms with Crippen LogP contribution < -0.4 is 0 Å². The molecule has 1 saturated carbocycles. The summed E-state index contributed by atoms with van der Waals surface area (Å²) < 4.78 is 0. The lowest BCUT2D eigenvalue weighted by Crippen LogP contribution is -2.64. The van der Waals surface area contributed by atoms with E-state index < -0.39 is 0 Å². The van der Waals surface area contributed by atoms with Crippen LogP contribution in [0.1, 0.15) is 56.3 Å². The van der Waals surface area contributed by atoms with Crippen molar-refractivity contribution in [1.82, 2.24) is 14.8 Å². The Kier molecular flexibility index (Phi) is 3.59. The van der Waals surface area contributed by atoms with Gasteiger partial charge in [-0.2, -0.15) is 0 Å². The Bertz CT molecular complexity index is 881. The highest BCUT2D eigenvalue weighted by Gasteiger charge is 2.47. The number of nitrogens with zero attached hydrogens (tertiary/aromatic N) is 2. The number of aromatic amines is 1. The minimum absolute atomic E-state index is 0.0823. The lowest BCUT2D eigenvalue weighted by atomic mass is 9.87. The van der Waals surface area contributed by atoms with E-state index in [1.165, 1.54) is 30.2 Å². The number of nitrogens with one attached hydrogen (secondary N) is 1. The normalized spacial score (nSPS) is 27.0. The Morgan fingerprint density at radius 1 is 1.08 bits per heavy atom. The number of para-hydroxylation sites is 1. The molecule has 1 aromatic heterocycles. The van der Waals surface area contributed by atoms with E-state index in [4.69, 9.17) is 0 Å². The molecule has 0 spiro atoms. The highest BCUT2D eigenvalue weighted by atomic mass is 16.2. The Balaban J connectivity index is 1.53. The molecule has 3 aliphatic rings. The lowest BCUT2D eigenvalue weighted by molar-refractivity contribution is -0.162. The molecule has 5 nitrogen and oxygen atoms in total. The quantitative estimate of drug-likeness (QED) is 0.858. The van der Waals surface area contributed by atoms with Crippen molar-refractivity contribution in [1.29, 1.82) is 0 Å². The van der Waals surface area contributed by atoms with Crippen molar-refractivity contribution < 1.29 is 9.59 Å². The van der Waals surface area contributed by atoms with Gasteiger partial charge in [0.05, 0.1) is 6.04 Å². The minimum Gasteiger partial charge on any atom is -0.356 e. The van der Waals surface area contributed by atoms with Gasteiger partial charge in [-0.25, -0.2) is 0 Å². The zero-order valence-electron chi connectivity index (χ0n) is 15.2. The van der Waals surface area contributed by atoms with Crippen molar-refractivity contribution in [3.8, 4) is 0 Å².